The molecule has 7 heteroatoms. The van der Waals surface area contributed by atoms with E-state index in [2.05, 4.69) is 15.7 Å². The lowest BCUT2D eigenvalue weighted by atomic mass is 10.1. The van der Waals surface area contributed by atoms with E-state index >= 15 is 0 Å². The van der Waals surface area contributed by atoms with E-state index in [0.717, 1.165) is 11.3 Å². The summed E-state index contributed by atoms with van der Waals surface area (Å²) in [6, 6.07) is 7.44. The van der Waals surface area contributed by atoms with E-state index in [9.17, 15) is 9.59 Å². The Labute approximate surface area is 146 Å². The van der Waals surface area contributed by atoms with Crippen molar-refractivity contribution in [2.24, 2.45) is 0 Å². The summed E-state index contributed by atoms with van der Waals surface area (Å²) in [5.74, 6) is 0.364. The molecule has 132 valence electrons. The number of nitrogens with zero attached hydrogens (tertiary/aromatic N) is 2. The van der Waals surface area contributed by atoms with Crippen LogP contribution < -0.4 is 15.4 Å². The number of carbonyl (C=O) groups is 2. The standard InChI is InChI=1S/C18H22N4O3/c1-11(2)22-7-6-14(21-22)9-17(23)19-12(3)13-4-5-16-15(8-13)20-18(24)10-25-16/h4-8,11-12H,9-10H2,1-3H3,(H,19,23)(H,20,24). The van der Waals surface area contributed by atoms with Crippen molar-refractivity contribution in [2.45, 2.75) is 39.3 Å². The second-order valence-electron chi connectivity index (χ2n) is 6.44. The number of aromatic nitrogens is 2. The number of fused-ring (bicyclic) bond motifs is 1. The summed E-state index contributed by atoms with van der Waals surface area (Å²) in [7, 11) is 0. The fraction of sp³-hybridized carbons (Fsp3) is 0.389. The van der Waals surface area contributed by atoms with Crippen molar-refractivity contribution in [3.8, 4) is 5.75 Å². The van der Waals surface area contributed by atoms with Gasteiger partial charge in [0.25, 0.3) is 5.91 Å². The lowest BCUT2D eigenvalue weighted by molar-refractivity contribution is -0.121. The van der Waals surface area contributed by atoms with Gasteiger partial charge >= 0.3 is 0 Å². The molecular weight excluding hydrogens is 320 g/mol. The molecule has 3 rings (SSSR count). The van der Waals surface area contributed by atoms with Gasteiger partial charge in [0.1, 0.15) is 5.75 Å². The summed E-state index contributed by atoms with van der Waals surface area (Å²) >= 11 is 0. The van der Waals surface area contributed by atoms with E-state index in [1.807, 2.05) is 49.8 Å². The predicted octanol–water partition coefficient (Wildman–Crippen LogP) is 2.21. The van der Waals surface area contributed by atoms with Gasteiger partial charge in [-0.05, 0) is 44.5 Å². The smallest absolute Gasteiger partial charge is 0.262 e. The maximum atomic E-state index is 12.3. The number of hydrogen-bond acceptors (Lipinski definition) is 4. The third-order valence-corrected chi connectivity index (χ3v) is 4.05. The zero-order chi connectivity index (χ0) is 18.0. The highest BCUT2D eigenvalue weighted by molar-refractivity contribution is 5.95. The van der Waals surface area contributed by atoms with Gasteiger partial charge < -0.3 is 15.4 Å². The molecule has 2 heterocycles. The van der Waals surface area contributed by atoms with Crippen molar-refractivity contribution < 1.29 is 14.3 Å². The molecule has 0 bridgehead atoms. The van der Waals surface area contributed by atoms with Gasteiger partial charge in [-0.25, -0.2) is 0 Å². The molecule has 0 saturated heterocycles. The maximum absolute atomic E-state index is 12.3. The van der Waals surface area contributed by atoms with Gasteiger partial charge in [0, 0.05) is 12.2 Å². The molecule has 1 aliphatic heterocycles. The van der Waals surface area contributed by atoms with Gasteiger partial charge in [-0.15, -0.1) is 0 Å². The van der Waals surface area contributed by atoms with Crippen molar-refractivity contribution in [2.75, 3.05) is 11.9 Å². The molecule has 0 saturated carbocycles. The average Bonchev–Trinajstić information content (AvgIpc) is 3.02. The number of anilines is 1. The first kappa shape index (κ1) is 17.0. The fourth-order valence-corrected chi connectivity index (χ4v) is 2.67. The largest absolute Gasteiger partial charge is 0.482 e. The van der Waals surface area contributed by atoms with Crippen LogP contribution in [0.3, 0.4) is 0 Å². The topological polar surface area (TPSA) is 85.3 Å². The number of hydrogen-bond donors (Lipinski definition) is 2. The van der Waals surface area contributed by atoms with Crippen LogP contribution in [0.15, 0.2) is 30.5 Å². The summed E-state index contributed by atoms with van der Waals surface area (Å²) in [6.07, 6.45) is 2.11. The van der Waals surface area contributed by atoms with Crippen LogP contribution in [0, 0.1) is 0 Å². The Morgan fingerprint density at radius 2 is 2.16 bits per heavy atom. The van der Waals surface area contributed by atoms with Crippen LogP contribution >= 0.6 is 0 Å². The molecular formula is C18H22N4O3. The number of carbonyl (C=O) groups excluding carboxylic acids is 2. The molecule has 0 fully saturated rings. The van der Waals surface area contributed by atoms with E-state index < -0.39 is 0 Å². The Morgan fingerprint density at radius 1 is 1.36 bits per heavy atom. The predicted molar refractivity (Wildman–Crippen MR) is 93.4 cm³/mol. The van der Waals surface area contributed by atoms with Crippen molar-refractivity contribution in [3.05, 3.63) is 41.7 Å². The van der Waals surface area contributed by atoms with Crippen LogP contribution in [-0.4, -0.2) is 28.2 Å². The minimum absolute atomic E-state index is 0.0294. The number of ether oxygens (including phenoxy) is 1. The van der Waals surface area contributed by atoms with Gasteiger partial charge in [-0.2, -0.15) is 5.10 Å². The summed E-state index contributed by atoms with van der Waals surface area (Å²) in [4.78, 5) is 23.7. The van der Waals surface area contributed by atoms with Crippen LogP contribution in [0.5, 0.6) is 5.75 Å². The highest BCUT2D eigenvalue weighted by Crippen LogP contribution is 2.30. The average molecular weight is 342 g/mol. The molecule has 7 nitrogen and oxygen atoms in total. The van der Waals surface area contributed by atoms with Gasteiger partial charge in [-0.1, -0.05) is 6.07 Å². The highest BCUT2D eigenvalue weighted by atomic mass is 16.5. The first-order chi connectivity index (χ1) is 11.9. The minimum atomic E-state index is -0.191. The third-order valence-electron chi connectivity index (χ3n) is 4.05. The Hall–Kier alpha value is -2.83. The highest BCUT2D eigenvalue weighted by Gasteiger charge is 2.18. The third kappa shape index (κ3) is 3.99. The summed E-state index contributed by atoms with van der Waals surface area (Å²) < 4.78 is 7.17. The maximum Gasteiger partial charge on any atom is 0.262 e. The van der Waals surface area contributed by atoms with Gasteiger partial charge in [-0.3, -0.25) is 14.3 Å². The van der Waals surface area contributed by atoms with E-state index in [1.54, 1.807) is 6.07 Å². The number of nitrogens with one attached hydrogen (secondary N) is 2. The minimum Gasteiger partial charge on any atom is -0.482 e. The normalized spacial score (nSPS) is 14.5. The molecule has 2 N–H and O–H groups in total. The molecule has 0 radical (unpaired) electrons. The molecule has 2 amide bonds. The summed E-state index contributed by atoms with van der Waals surface area (Å²) in [5.41, 5.74) is 2.26. The molecule has 1 aromatic carbocycles. The lowest BCUT2D eigenvalue weighted by Gasteiger charge is -2.21. The van der Waals surface area contributed by atoms with Crippen molar-refractivity contribution in [1.29, 1.82) is 0 Å². The summed E-state index contributed by atoms with van der Waals surface area (Å²) in [5, 5.41) is 10.1. The quantitative estimate of drug-likeness (QED) is 0.872. The number of rotatable bonds is 5. The van der Waals surface area contributed by atoms with Crippen LogP contribution in [0.2, 0.25) is 0 Å². The molecule has 0 aliphatic carbocycles. The Morgan fingerprint density at radius 3 is 2.88 bits per heavy atom. The molecule has 1 aliphatic rings. The monoisotopic (exact) mass is 342 g/mol. The first-order valence-electron chi connectivity index (χ1n) is 8.32. The van der Waals surface area contributed by atoms with Crippen LogP contribution in [0.4, 0.5) is 5.69 Å². The van der Waals surface area contributed by atoms with Crippen molar-refractivity contribution in [1.82, 2.24) is 15.1 Å². The molecule has 1 aromatic heterocycles. The number of benzene rings is 1. The van der Waals surface area contributed by atoms with Crippen molar-refractivity contribution >= 4 is 17.5 Å². The molecule has 1 atom stereocenters. The van der Waals surface area contributed by atoms with E-state index in [1.165, 1.54) is 0 Å². The second-order valence-corrected chi connectivity index (χ2v) is 6.44. The Bertz CT molecular complexity index is 797. The zero-order valence-electron chi connectivity index (χ0n) is 14.6. The van der Waals surface area contributed by atoms with Gasteiger partial charge in [0.05, 0.1) is 23.8 Å². The van der Waals surface area contributed by atoms with Crippen LogP contribution in [0.25, 0.3) is 0 Å². The number of amides is 2. The van der Waals surface area contributed by atoms with Gasteiger partial charge in [0.2, 0.25) is 5.91 Å². The molecule has 2 aromatic rings. The van der Waals surface area contributed by atoms with Crippen LogP contribution in [0.1, 0.15) is 44.1 Å². The molecule has 1 unspecified atom stereocenters. The van der Waals surface area contributed by atoms with Crippen molar-refractivity contribution in [3.63, 3.8) is 0 Å². The van der Waals surface area contributed by atoms with E-state index in [0.29, 0.717) is 11.4 Å². The first-order valence-corrected chi connectivity index (χ1v) is 8.32. The molecule has 0 spiro atoms. The van der Waals surface area contributed by atoms with Gasteiger partial charge in [0.15, 0.2) is 6.61 Å². The SMILES string of the molecule is CC(NC(=O)Cc1ccn(C(C)C)n1)c1ccc2c(c1)NC(=O)CO2. The van der Waals surface area contributed by atoms with Crippen LogP contribution in [-0.2, 0) is 16.0 Å². The van der Waals surface area contributed by atoms with E-state index in [-0.39, 0.29) is 36.9 Å². The summed E-state index contributed by atoms with van der Waals surface area (Å²) in [6.45, 7) is 6.01. The Kier molecular flexibility index (Phi) is 4.74. The Balaban J connectivity index is 1.63. The zero-order valence-corrected chi connectivity index (χ0v) is 14.6. The fourth-order valence-electron chi connectivity index (χ4n) is 2.67. The lowest BCUT2D eigenvalue weighted by Crippen LogP contribution is -2.29. The van der Waals surface area contributed by atoms with E-state index in [4.69, 9.17) is 4.74 Å². The second kappa shape index (κ2) is 6.96. The molecule has 25 heavy (non-hydrogen) atoms.